The van der Waals surface area contributed by atoms with Crippen LogP contribution in [0.25, 0.3) is 0 Å². The molecule has 0 fully saturated rings. The minimum absolute atomic E-state index is 0.0630. The Hall–Kier alpha value is -2.27. The van der Waals surface area contributed by atoms with E-state index in [1.165, 1.54) is 0 Å². The van der Waals surface area contributed by atoms with E-state index in [1.54, 1.807) is 25.3 Å². The summed E-state index contributed by atoms with van der Waals surface area (Å²) in [5, 5.41) is 14.3. The number of nitrogens with zero attached hydrogens (tertiary/aromatic N) is 2. The predicted molar refractivity (Wildman–Crippen MR) is 82.2 cm³/mol. The van der Waals surface area contributed by atoms with Gasteiger partial charge in [-0.1, -0.05) is 18.2 Å². The summed E-state index contributed by atoms with van der Waals surface area (Å²) < 4.78 is 0. The van der Waals surface area contributed by atoms with Crippen molar-refractivity contribution in [2.24, 2.45) is 0 Å². The topological polar surface area (TPSA) is 68.1 Å². The van der Waals surface area contributed by atoms with Crippen molar-refractivity contribution in [3.05, 3.63) is 69.5 Å². The number of rotatable bonds is 6. The molecule has 0 radical (unpaired) electrons. The average Bonchev–Trinajstić information content (AvgIpc) is 2.48. The van der Waals surface area contributed by atoms with Gasteiger partial charge in [0.25, 0.3) is 5.69 Å². The highest BCUT2D eigenvalue weighted by molar-refractivity contribution is 5.43. The zero-order valence-electron chi connectivity index (χ0n) is 12.2. The largest absolute Gasteiger partial charge is 0.310 e. The lowest BCUT2D eigenvalue weighted by atomic mass is 10.0. The molecule has 0 spiro atoms. The Morgan fingerprint density at radius 2 is 2.14 bits per heavy atom. The van der Waals surface area contributed by atoms with Crippen LogP contribution < -0.4 is 5.32 Å². The molecule has 1 unspecified atom stereocenters. The third-order valence-electron chi connectivity index (χ3n) is 3.49. The maximum atomic E-state index is 11.0. The van der Waals surface area contributed by atoms with Gasteiger partial charge in [-0.05, 0) is 31.5 Å². The highest BCUT2D eigenvalue weighted by Gasteiger charge is 2.14. The number of benzene rings is 1. The number of hydrogen-bond donors (Lipinski definition) is 1. The zero-order valence-corrected chi connectivity index (χ0v) is 12.2. The SMILES string of the molecule is Cc1ccc(C(C)NCCc2ccccn2)cc1[N+](=O)[O-]. The van der Waals surface area contributed by atoms with E-state index in [0.29, 0.717) is 5.56 Å². The van der Waals surface area contributed by atoms with Crippen LogP contribution in [0.4, 0.5) is 5.69 Å². The Morgan fingerprint density at radius 1 is 1.33 bits per heavy atom. The number of nitrogens with one attached hydrogen (secondary N) is 1. The van der Waals surface area contributed by atoms with Crippen molar-refractivity contribution in [2.45, 2.75) is 26.3 Å². The van der Waals surface area contributed by atoms with E-state index >= 15 is 0 Å². The fourth-order valence-corrected chi connectivity index (χ4v) is 2.17. The van der Waals surface area contributed by atoms with Crippen LogP contribution in [-0.4, -0.2) is 16.5 Å². The predicted octanol–water partition coefficient (Wildman–Crippen LogP) is 3.19. The smallest absolute Gasteiger partial charge is 0.272 e. The van der Waals surface area contributed by atoms with Crippen molar-refractivity contribution in [3.63, 3.8) is 0 Å². The molecular formula is C16H19N3O2. The molecule has 1 heterocycles. The first-order valence-corrected chi connectivity index (χ1v) is 6.96. The van der Waals surface area contributed by atoms with Gasteiger partial charge in [0.1, 0.15) is 0 Å². The zero-order chi connectivity index (χ0) is 15.2. The van der Waals surface area contributed by atoms with Crippen LogP contribution in [0.3, 0.4) is 0 Å². The van der Waals surface area contributed by atoms with Crippen LogP contribution in [0.1, 0.15) is 29.8 Å². The Balaban J connectivity index is 1.96. The molecule has 0 bridgehead atoms. The molecular weight excluding hydrogens is 266 g/mol. The van der Waals surface area contributed by atoms with Crippen molar-refractivity contribution in [2.75, 3.05) is 6.54 Å². The van der Waals surface area contributed by atoms with Gasteiger partial charge >= 0.3 is 0 Å². The lowest BCUT2D eigenvalue weighted by Gasteiger charge is -2.14. The fraction of sp³-hybridized carbons (Fsp3) is 0.312. The normalized spacial score (nSPS) is 12.1. The van der Waals surface area contributed by atoms with Crippen LogP contribution >= 0.6 is 0 Å². The summed E-state index contributed by atoms with van der Waals surface area (Å²) in [5.41, 5.74) is 2.82. The lowest BCUT2D eigenvalue weighted by Crippen LogP contribution is -2.21. The molecule has 0 aliphatic carbocycles. The number of aryl methyl sites for hydroxylation is 1. The van der Waals surface area contributed by atoms with Gasteiger partial charge in [0.15, 0.2) is 0 Å². The van der Waals surface area contributed by atoms with Crippen molar-refractivity contribution in [3.8, 4) is 0 Å². The number of aromatic nitrogens is 1. The number of hydrogen-bond acceptors (Lipinski definition) is 4. The van der Waals surface area contributed by atoms with Crippen molar-refractivity contribution in [1.29, 1.82) is 0 Å². The molecule has 1 N–H and O–H groups in total. The summed E-state index contributed by atoms with van der Waals surface area (Å²) in [7, 11) is 0. The van der Waals surface area contributed by atoms with Gasteiger partial charge in [0.05, 0.1) is 4.92 Å². The van der Waals surface area contributed by atoms with Gasteiger partial charge in [-0.2, -0.15) is 0 Å². The lowest BCUT2D eigenvalue weighted by molar-refractivity contribution is -0.385. The molecule has 0 saturated heterocycles. The Bertz CT molecular complexity index is 614. The van der Waals surface area contributed by atoms with E-state index in [2.05, 4.69) is 10.3 Å². The fourth-order valence-electron chi connectivity index (χ4n) is 2.17. The molecule has 5 heteroatoms. The van der Waals surface area contributed by atoms with E-state index < -0.39 is 0 Å². The van der Waals surface area contributed by atoms with E-state index in [9.17, 15) is 10.1 Å². The third kappa shape index (κ3) is 4.10. The van der Waals surface area contributed by atoms with E-state index in [4.69, 9.17) is 0 Å². The van der Waals surface area contributed by atoms with Crippen LogP contribution in [0.15, 0.2) is 42.6 Å². The van der Waals surface area contributed by atoms with Gasteiger partial charge in [-0.15, -0.1) is 0 Å². The van der Waals surface area contributed by atoms with E-state index in [0.717, 1.165) is 24.2 Å². The molecule has 1 aromatic carbocycles. The monoisotopic (exact) mass is 285 g/mol. The first kappa shape index (κ1) is 15.1. The highest BCUT2D eigenvalue weighted by atomic mass is 16.6. The standard InChI is InChI=1S/C16H19N3O2/c1-12-6-7-14(11-16(12)19(20)21)13(2)17-10-8-15-5-3-4-9-18-15/h3-7,9,11,13,17H,8,10H2,1-2H3. The molecule has 1 aromatic heterocycles. The van der Waals surface area contributed by atoms with E-state index in [1.807, 2.05) is 31.2 Å². The van der Waals surface area contributed by atoms with Crippen LogP contribution in [0.2, 0.25) is 0 Å². The van der Waals surface area contributed by atoms with Gasteiger partial charge in [-0.3, -0.25) is 15.1 Å². The molecule has 0 aliphatic heterocycles. The van der Waals surface area contributed by atoms with Crippen LogP contribution in [-0.2, 0) is 6.42 Å². The Morgan fingerprint density at radius 3 is 2.81 bits per heavy atom. The summed E-state index contributed by atoms with van der Waals surface area (Å²) >= 11 is 0. The summed E-state index contributed by atoms with van der Waals surface area (Å²) in [5.74, 6) is 0. The van der Waals surface area contributed by atoms with Crippen LogP contribution in [0, 0.1) is 17.0 Å². The highest BCUT2D eigenvalue weighted by Crippen LogP contribution is 2.23. The number of nitro benzene ring substituents is 1. The first-order valence-electron chi connectivity index (χ1n) is 6.96. The Kier molecular flexibility index (Phi) is 5.00. The molecule has 110 valence electrons. The summed E-state index contributed by atoms with van der Waals surface area (Å²) in [6.45, 7) is 4.54. The second kappa shape index (κ2) is 6.95. The molecule has 0 aliphatic rings. The van der Waals surface area contributed by atoms with Crippen molar-refractivity contribution in [1.82, 2.24) is 10.3 Å². The summed E-state index contributed by atoms with van der Waals surface area (Å²) in [6, 6.07) is 11.3. The van der Waals surface area contributed by atoms with Crippen LogP contribution in [0.5, 0.6) is 0 Å². The van der Waals surface area contributed by atoms with Gasteiger partial charge in [-0.25, -0.2) is 0 Å². The number of nitro groups is 1. The minimum atomic E-state index is -0.334. The molecule has 0 saturated carbocycles. The maximum absolute atomic E-state index is 11.0. The maximum Gasteiger partial charge on any atom is 0.272 e. The second-order valence-electron chi connectivity index (χ2n) is 5.05. The summed E-state index contributed by atoms with van der Waals surface area (Å²) in [4.78, 5) is 14.9. The molecule has 21 heavy (non-hydrogen) atoms. The number of pyridine rings is 1. The Labute approximate surface area is 124 Å². The van der Waals surface area contributed by atoms with Gasteiger partial charge in [0.2, 0.25) is 0 Å². The van der Waals surface area contributed by atoms with E-state index in [-0.39, 0.29) is 16.7 Å². The molecule has 2 rings (SSSR count). The van der Waals surface area contributed by atoms with Crippen molar-refractivity contribution >= 4 is 5.69 Å². The quantitative estimate of drug-likeness (QED) is 0.653. The average molecular weight is 285 g/mol. The molecule has 0 amide bonds. The first-order chi connectivity index (χ1) is 10.1. The van der Waals surface area contributed by atoms with Gasteiger partial charge in [0, 0.05) is 42.5 Å². The molecule has 5 nitrogen and oxygen atoms in total. The molecule has 2 aromatic rings. The second-order valence-corrected chi connectivity index (χ2v) is 5.05. The van der Waals surface area contributed by atoms with Gasteiger partial charge < -0.3 is 5.32 Å². The molecule has 1 atom stereocenters. The third-order valence-corrected chi connectivity index (χ3v) is 3.49. The van der Waals surface area contributed by atoms with Crippen molar-refractivity contribution < 1.29 is 4.92 Å². The summed E-state index contributed by atoms with van der Waals surface area (Å²) in [6.07, 6.45) is 2.61. The minimum Gasteiger partial charge on any atom is -0.310 e.